The highest BCUT2D eigenvalue weighted by Gasteiger charge is 2.49. The Morgan fingerprint density at radius 1 is 1.26 bits per heavy atom. The third-order valence-corrected chi connectivity index (χ3v) is 9.49. The van der Waals surface area contributed by atoms with Gasteiger partial charge in [0.1, 0.15) is 12.4 Å². The molecule has 39 heavy (non-hydrogen) atoms. The number of hydrogen-bond donors (Lipinski definition) is 1. The summed E-state index contributed by atoms with van der Waals surface area (Å²) < 4.78 is 33.9. The fourth-order valence-corrected chi connectivity index (χ4v) is 6.93. The molecule has 1 N–H and O–H groups in total. The van der Waals surface area contributed by atoms with Gasteiger partial charge in [-0.25, -0.2) is 8.42 Å². The number of halogens is 1. The van der Waals surface area contributed by atoms with Crippen molar-refractivity contribution in [1.29, 1.82) is 5.26 Å². The van der Waals surface area contributed by atoms with E-state index < -0.39 is 21.4 Å². The number of sulfonamides is 1. The van der Waals surface area contributed by atoms with Gasteiger partial charge in [-0.3, -0.25) is 9.78 Å². The molecule has 204 valence electrons. The molecule has 1 aliphatic carbocycles. The number of rotatable bonds is 9. The van der Waals surface area contributed by atoms with E-state index >= 15 is 0 Å². The summed E-state index contributed by atoms with van der Waals surface area (Å²) in [6.07, 6.45) is 4.43. The second-order valence-electron chi connectivity index (χ2n) is 10.5. The smallest absolute Gasteiger partial charge is 0.233 e. The van der Waals surface area contributed by atoms with Gasteiger partial charge in [0, 0.05) is 41.6 Å². The monoisotopic (exact) mass is 567 g/mol. The van der Waals surface area contributed by atoms with Crippen molar-refractivity contribution in [3.05, 3.63) is 64.9 Å². The number of nitrogens with one attached hydrogen (secondary N) is 1. The van der Waals surface area contributed by atoms with Gasteiger partial charge in [0.15, 0.2) is 0 Å². The highest BCUT2D eigenvalue weighted by molar-refractivity contribution is 7.89. The standard InChI is InChI=1S/C28H30ClN5O4S/c1-33(2)9-10-38-22-6-4-19-13-31-14-26(24(19)12-22)32-27(35)25-16-34(15-20-3-5-21(29)11-23(20)25)39(36,37)18-28(17-30)7-8-28/h3-6,11-14,25H,7-10,15-16,18H2,1-2H3,(H,32,35). The van der Waals surface area contributed by atoms with Crippen molar-refractivity contribution in [3.63, 3.8) is 0 Å². The van der Waals surface area contributed by atoms with E-state index in [0.29, 0.717) is 47.0 Å². The predicted molar refractivity (Wildman–Crippen MR) is 150 cm³/mol. The first-order valence-corrected chi connectivity index (χ1v) is 14.7. The van der Waals surface area contributed by atoms with E-state index in [2.05, 4.69) is 16.4 Å². The number of nitriles is 1. The number of fused-ring (bicyclic) bond motifs is 2. The predicted octanol–water partition coefficient (Wildman–Crippen LogP) is 4.00. The van der Waals surface area contributed by atoms with Gasteiger partial charge in [-0.05, 0) is 68.4 Å². The lowest BCUT2D eigenvalue weighted by Crippen LogP contribution is -2.44. The number of benzene rings is 2. The Bertz CT molecular complexity index is 1570. The Kier molecular flexibility index (Phi) is 7.53. The molecule has 1 amide bonds. The van der Waals surface area contributed by atoms with Gasteiger partial charge in [-0.2, -0.15) is 9.57 Å². The van der Waals surface area contributed by atoms with Crippen LogP contribution < -0.4 is 10.1 Å². The molecule has 2 heterocycles. The van der Waals surface area contributed by atoms with Gasteiger partial charge < -0.3 is 15.0 Å². The largest absolute Gasteiger partial charge is 0.492 e. The molecule has 0 radical (unpaired) electrons. The van der Waals surface area contributed by atoms with Crippen LogP contribution in [0.1, 0.15) is 29.9 Å². The molecular formula is C28H30ClN5O4S. The molecule has 1 aliphatic heterocycles. The first kappa shape index (κ1) is 27.3. The van der Waals surface area contributed by atoms with Crippen LogP contribution in [-0.4, -0.2) is 68.1 Å². The number of aromatic nitrogens is 1. The van der Waals surface area contributed by atoms with Crippen LogP contribution >= 0.6 is 11.6 Å². The van der Waals surface area contributed by atoms with Crippen LogP contribution in [0.15, 0.2) is 48.8 Å². The van der Waals surface area contributed by atoms with Crippen LogP contribution in [0.3, 0.4) is 0 Å². The molecule has 1 unspecified atom stereocenters. The lowest BCUT2D eigenvalue weighted by molar-refractivity contribution is -0.118. The lowest BCUT2D eigenvalue weighted by Gasteiger charge is -2.34. The highest BCUT2D eigenvalue weighted by Crippen LogP contribution is 2.47. The third kappa shape index (κ3) is 6.02. The molecule has 11 heteroatoms. The molecule has 0 spiro atoms. The number of amides is 1. The summed E-state index contributed by atoms with van der Waals surface area (Å²) in [5.74, 6) is -0.732. The molecule has 1 saturated carbocycles. The first-order valence-electron chi connectivity index (χ1n) is 12.7. The quantitative estimate of drug-likeness (QED) is 0.415. The van der Waals surface area contributed by atoms with Crippen LogP contribution in [0.2, 0.25) is 5.02 Å². The SMILES string of the molecule is CN(C)CCOc1ccc2cncc(NC(=O)C3CN(S(=O)(=O)CC4(C#N)CC4)Cc4ccc(Cl)cc43)c2c1. The fourth-order valence-electron chi connectivity index (χ4n) is 4.80. The molecule has 9 nitrogen and oxygen atoms in total. The summed E-state index contributed by atoms with van der Waals surface area (Å²) in [5, 5.41) is 14.5. The maximum absolute atomic E-state index is 13.8. The molecule has 3 aromatic rings. The van der Waals surface area contributed by atoms with E-state index in [9.17, 15) is 18.5 Å². The number of ether oxygens (including phenoxy) is 1. The number of carbonyl (C=O) groups is 1. The van der Waals surface area contributed by atoms with Crippen LogP contribution in [0.5, 0.6) is 5.75 Å². The number of hydrogen-bond acceptors (Lipinski definition) is 7. The van der Waals surface area contributed by atoms with Gasteiger partial charge in [0.2, 0.25) is 15.9 Å². The van der Waals surface area contributed by atoms with Crippen LogP contribution in [0.4, 0.5) is 5.69 Å². The van der Waals surface area contributed by atoms with Gasteiger partial charge >= 0.3 is 0 Å². The maximum Gasteiger partial charge on any atom is 0.233 e. The minimum absolute atomic E-state index is 0.0416. The highest BCUT2D eigenvalue weighted by atomic mass is 35.5. The summed E-state index contributed by atoms with van der Waals surface area (Å²) in [6.45, 7) is 1.36. The average Bonchev–Trinajstić information content (AvgIpc) is 3.67. The van der Waals surface area contributed by atoms with E-state index in [1.807, 2.05) is 37.2 Å². The first-order chi connectivity index (χ1) is 18.6. The Morgan fingerprint density at radius 2 is 2.05 bits per heavy atom. The van der Waals surface area contributed by atoms with Gasteiger partial charge in [-0.1, -0.05) is 17.7 Å². The van der Waals surface area contributed by atoms with Crippen molar-refractivity contribution < 1.29 is 17.9 Å². The van der Waals surface area contributed by atoms with Crippen LogP contribution in [-0.2, 0) is 21.4 Å². The zero-order valence-electron chi connectivity index (χ0n) is 21.9. The molecule has 5 rings (SSSR count). The van der Waals surface area contributed by atoms with E-state index in [1.165, 1.54) is 4.31 Å². The van der Waals surface area contributed by atoms with Crippen LogP contribution in [0, 0.1) is 16.7 Å². The number of carbonyl (C=O) groups excluding carboxylic acids is 1. The normalized spacial score (nSPS) is 18.4. The third-order valence-electron chi connectivity index (χ3n) is 7.27. The van der Waals surface area contributed by atoms with Crippen molar-refractivity contribution >= 4 is 44.0 Å². The van der Waals surface area contributed by atoms with Crippen molar-refractivity contribution in [2.45, 2.75) is 25.3 Å². The Labute approximate surface area is 233 Å². The molecule has 1 aromatic heterocycles. The average molecular weight is 568 g/mol. The second kappa shape index (κ2) is 10.7. The van der Waals surface area contributed by atoms with Gasteiger partial charge in [0.25, 0.3) is 0 Å². The van der Waals surface area contributed by atoms with Crippen molar-refractivity contribution in [1.82, 2.24) is 14.2 Å². The minimum Gasteiger partial charge on any atom is -0.492 e. The minimum atomic E-state index is -3.77. The van der Waals surface area contributed by atoms with E-state index in [0.717, 1.165) is 17.3 Å². The Balaban J connectivity index is 1.42. The molecule has 2 aromatic carbocycles. The number of nitrogens with zero attached hydrogens (tertiary/aromatic N) is 4. The fraction of sp³-hybridized carbons (Fsp3) is 0.393. The molecule has 1 fully saturated rings. The van der Waals surface area contributed by atoms with Crippen molar-refractivity contribution in [2.24, 2.45) is 5.41 Å². The molecular weight excluding hydrogens is 538 g/mol. The van der Waals surface area contributed by atoms with Gasteiger partial charge in [-0.15, -0.1) is 0 Å². The van der Waals surface area contributed by atoms with Crippen molar-refractivity contribution in [2.75, 3.05) is 44.9 Å². The summed E-state index contributed by atoms with van der Waals surface area (Å²) in [6, 6.07) is 12.9. The molecule has 2 aliphatic rings. The Morgan fingerprint density at radius 3 is 2.77 bits per heavy atom. The number of pyridine rings is 1. The Hall–Kier alpha value is -3.23. The zero-order valence-corrected chi connectivity index (χ0v) is 23.4. The van der Waals surface area contributed by atoms with Crippen molar-refractivity contribution in [3.8, 4) is 11.8 Å². The summed E-state index contributed by atoms with van der Waals surface area (Å²) in [5.41, 5.74) is 1.08. The second-order valence-corrected chi connectivity index (χ2v) is 13.0. The summed E-state index contributed by atoms with van der Waals surface area (Å²) >= 11 is 6.28. The molecule has 0 bridgehead atoms. The molecule has 0 saturated heterocycles. The maximum atomic E-state index is 13.8. The number of likely N-dealkylation sites (N-methyl/N-ethyl adjacent to an activating group) is 1. The van der Waals surface area contributed by atoms with Crippen LogP contribution in [0.25, 0.3) is 10.8 Å². The lowest BCUT2D eigenvalue weighted by atomic mass is 9.90. The number of anilines is 1. The summed E-state index contributed by atoms with van der Waals surface area (Å²) in [4.78, 5) is 20.1. The zero-order chi connectivity index (χ0) is 27.8. The topological polar surface area (TPSA) is 116 Å². The van der Waals surface area contributed by atoms with E-state index in [-0.39, 0.29) is 24.7 Å². The summed E-state index contributed by atoms with van der Waals surface area (Å²) in [7, 11) is 0.171. The van der Waals surface area contributed by atoms with E-state index in [4.69, 9.17) is 16.3 Å². The van der Waals surface area contributed by atoms with E-state index in [1.54, 1.807) is 30.6 Å². The molecule has 1 atom stereocenters. The van der Waals surface area contributed by atoms with Gasteiger partial charge in [0.05, 0.1) is 35.0 Å².